The molecule has 4 heterocycles. The Morgan fingerprint density at radius 2 is 1.48 bits per heavy atom. The number of para-hydroxylation sites is 1. The van der Waals surface area contributed by atoms with Crippen molar-refractivity contribution in [3.63, 3.8) is 0 Å². The summed E-state index contributed by atoms with van der Waals surface area (Å²) in [6, 6.07) is 14.0. The monoisotopic (exact) mass is 669 g/mol. The van der Waals surface area contributed by atoms with Crippen LogP contribution in [0.3, 0.4) is 0 Å². The molecule has 0 atom stereocenters. The van der Waals surface area contributed by atoms with E-state index in [9.17, 15) is 4.79 Å². The highest BCUT2D eigenvalue weighted by Crippen LogP contribution is 2.18. The molecule has 4 aromatic rings. The Morgan fingerprint density at radius 1 is 0.854 bits per heavy atom. The van der Waals surface area contributed by atoms with Gasteiger partial charge in [0.15, 0.2) is 5.65 Å². The third-order valence-electron chi connectivity index (χ3n) is 7.34. The average molecular weight is 670 g/mol. The molecule has 1 saturated heterocycles. The van der Waals surface area contributed by atoms with Gasteiger partial charge in [-0.05, 0) is 31.2 Å². The molecule has 1 aliphatic heterocycles. The molecule has 1 aromatic carbocycles. The van der Waals surface area contributed by atoms with Crippen molar-refractivity contribution in [1.82, 2.24) is 34.2 Å². The summed E-state index contributed by atoms with van der Waals surface area (Å²) in [6.45, 7) is 10.3. The van der Waals surface area contributed by atoms with Gasteiger partial charge in [0.1, 0.15) is 17.0 Å². The number of nitrogens with one attached hydrogen (secondary N) is 1. The highest BCUT2D eigenvalue weighted by Gasteiger charge is 2.21. The van der Waals surface area contributed by atoms with Gasteiger partial charge < -0.3 is 39.6 Å². The van der Waals surface area contributed by atoms with Gasteiger partial charge in [0.05, 0.1) is 13.2 Å². The maximum absolute atomic E-state index is 12.8. The van der Waals surface area contributed by atoms with Crippen LogP contribution in [0.2, 0.25) is 0 Å². The summed E-state index contributed by atoms with van der Waals surface area (Å²) in [7, 11) is 1.94. The average Bonchev–Trinajstić information content (AvgIpc) is 3.59. The molecular formula is C31H39N7O10. The summed E-state index contributed by atoms with van der Waals surface area (Å²) >= 11 is 0. The van der Waals surface area contributed by atoms with Gasteiger partial charge in [0, 0.05) is 76.6 Å². The molecule has 0 radical (unpaired) electrons. The number of amides is 1. The van der Waals surface area contributed by atoms with E-state index in [0.29, 0.717) is 25.5 Å². The predicted octanol–water partition coefficient (Wildman–Crippen LogP) is 0.818. The second-order valence-electron chi connectivity index (χ2n) is 10.5. The number of nitrogens with zero attached hydrogens (tertiary/aromatic N) is 6. The molecule has 3 aromatic heterocycles. The number of hydrogen-bond donors (Lipinski definition) is 5. The summed E-state index contributed by atoms with van der Waals surface area (Å²) in [5.74, 6) is -6.28. The zero-order chi connectivity index (χ0) is 35.2. The number of benzene rings is 1. The Balaban J connectivity index is 0.000000446. The van der Waals surface area contributed by atoms with Crippen molar-refractivity contribution in [2.45, 2.75) is 20.0 Å². The van der Waals surface area contributed by atoms with Crippen LogP contribution in [0.25, 0.3) is 22.1 Å². The first-order chi connectivity index (χ1) is 22.9. The fraction of sp³-hybridized carbons (Fsp3) is 0.387. The van der Waals surface area contributed by atoms with Crippen LogP contribution < -0.4 is 5.32 Å². The predicted molar refractivity (Wildman–Crippen MR) is 172 cm³/mol. The number of hydrogen-bond acceptors (Lipinski definition) is 10. The molecule has 0 aliphatic carbocycles. The minimum atomic E-state index is -1.82. The first kappa shape index (κ1) is 37.1. The number of carboxylic acids is 4. The van der Waals surface area contributed by atoms with Crippen molar-refractivity contribution in [3.8, 4) is 0 Å². The summed E-state index contributed by atoms with van der Waals surface area (Å²) in [5.41, 5.74) is 3.63. The van der Waals surface area contributed by atoms with E-state index in [2.05, 4.69) is 24.7 Å². The number of piperazine rings is 1. The van der Waals surface area contributed by atoms with E-state index in [4.69, 9.17) is 49.3 Å². The van der Waals surface area contributed by atoms with Crippen LogP contribution in [0.15, 0.2) is 48.7 Å². The molecule has 17 nitrogen and oxygen atoms in total. The number of aryl methyl sites for hydroxylation is 1. The van der Waals surface area contributed by atoms with Crippen molar-refractivity contribution >= 4 is 51.9 Å². The van der Waals surface area contributed by atoms with E-state index in [0.717, 1.165) is 73.7 Å². The molecule has 0 bridgehead atoms. The lowest BCUT2D eigenvalue weighted by Crippen LogP contribution is -2.48. The van der Waals surface area contributed by atoms with Crippen LogP contribution in [-0.4, -0.2) is 132 Å². The first-order valence-corrected chi connectivity index (χ1v) is 15.0. The smallest absolute Gasteiger partial charge is 0.414 e. The van der Waals surface area contributed by atoms with Gasteiger partial charge >= 0.3 is 23.9 Å². The third-order valence-corrected chi connectivity index (χ3v) is 7.34. The van der Waals surface area contributed by atoms with Crippen LogP contribution >= 0.6 is 0 Å². The molecule has 48 heavy (non-hydrogen) atoms. The highest BCUT2D eigenvalue weighted by atomic mass is 16.5. The lowest BCUT2D eigenvalue weighted by atomic mass is 10.2. The van der Waals surface area contributed by atoms with Crippen LogP contribution in [0, 0.1) is 0 Å². The minimum absolute atomic E-state index is 0.0214. The maximum atomic E-state index is 12.8. The summed E-state index contributed by atoms with van der Waals surface area (Å²) in [6.07, 6.45) is 1.82. The van der Waals surface area contributed by atoms with Crippen LogP contribution in [0.1, 0.15) is 23.2 Å². The number of carboxylic acid groups (broad SMARTS) is 4. The zero-order valence-electron chi connectivity index (χ0n) is 26.6. The summed E-state index contributed by atoms with van der Waals surface area (Å²) in [4.78, 5) is 63.4. The number of aliphatic carboxylic acids is 4. The summed E-state index contributed by atoms with van der Waals surface area (Å²) in [5, 5.41) is 33.7. The first-order valence-electron chi connectivity index (χ1n) is 15.0. The lowest BCUT2D eigenvalue weighted by Gasteiger charge is -2.34. The number of carbonyl (C=O) groups excluding carboxylic acids is 1. The van der Waals surface area contributed by atoms with Crippen LogP contribution in [0.4, 0.5) is 0 Å². The number of rotatable bonds is 10. The van der Waals surface area contributed by atoms with Gasteiger partial charge in [-0.25, -0.2) is 29.1 Å². The van der Waals surface area contributed by atoms with Crippen LogP contribution in [-0.2, 0) is 44.1 Å². The second kappa shape index (κ2) is 18.1. The fourth-order valence-corrected chi connectivity index (χ4v) is 4.96. The van der Waals surface area contributed by atoms with E-state index in [-0.39, 0.29) is 5.91 Å². The van der Waals surface area contributed by atoms with Crippen molar-refractivity contribution in [1.29, 1.82) is 0 Å². The van der Waals surface area contributed by atoms with E-state index in [1.165, 1.54) is 0 Å². The molecule has 17 heteroatoms. The quantitative estimate of drug-likeness (QED) is 0.116. The largest absolute Gasteiger partial charge is 0.473 e. The second-order valence-corrected chi connectivity index (χ2v) is 10.5. The number of imidazole rings is 1. The number of ether oxygens (including phenoxy) is 1. The minimum Gasteiger partial charge on any atom is -0.473 e. The van der Waals surface area contributed by atoms with Crippen LogP contribution in [0.5, 0.6) is 0 Å². The molecule has 0 saturated carbocycles. The molecular weight excluding hydrogens is 630 g/mol. The van der Waals surface area contributed by atoms with E-state index in [1.54, 1.807) is 0 Å². The Kier molecular flexibility index (Phi) is 14.0. The Morgan fingerprint density at radius 3 is 2.08 bits per heavy atom. The Bertz CT molecular complexity index is 1680. The normalized spacial score (nSPS) is 13.2. The van der Waals surface area contributed by atoms with E-state index < -0.39 is 23.9 Å². The Hall–Kier alpha value is -5.39. The lowest BCUT2D eigenvalue weighted by molar-refractivity contribution is -0.159. The summed E-state index contributed by atoms with van der Waals surface area (Å²) < 4.78 is 9.74. The van der Waals surface area contributed by atoms with Crippen molar-refractivity contribution < 1.29 is 49.1 Å². The van der Waals surface area contributed by atoms with Gasteiger partial charge in [0.2, 0.25) is 0 Å². The van der Waals surface area contributed by atoms with Gasteiger partial charge in [-0.2, -0.15) is 0 Å². The maximum Gasteiger partial charge on any atom is 0.414 e. The molecule has 5 N–H and O–H groups in total. The van der Waals surface area contributed by atoms with Gasteiger partial charge in [-0.3, -0.25) is 14.6 Å². The molecule has 0 unspecified atom stereocenters. The SMILES string of the molecule is CCOCCn1c(CN2CCN(CCNC(=O)c3cc4ccccc4n3C)CC2)nc2cccnc21.O=C(O)C(=O)O.O=C(O)C(=O)O. The zero-order valence-corrected chi connectivity index (χ0v) is 26.6. The number of pyridine rings is 1. The van der Waals surface area contributed by atoms with E-state index in [1.807, 2.05) is 67.2 Å². The van der Waals surface area contributed by atoms with Crippen molar-refractivity contribution in [2.24, 2.45) is 7.05 Å². The Labute approximate surface area is 275 Å². The van der Waals surface area contributed by atoms with Gasteiger partial charge in [0.25, 0.3) is 5.91 Å². The van der Waals surface area contributed by atoms with Crippen molar-refractivity contribution in [3.05, 3.63) is 60.2 Å². The number of fused-ring (bicyclic) bond motifs is 2. The number of aromatic nitrogens is 4. The molecule has 1 amide bonds. The topological polar surface area (TPSA) is 230 Å². The van der Waals surface area contributed by atoms with Crippen molar-refractivity contribution in [2.75, 3.05) is 52.5 Å². The highest BCUT2D eigenvalue weighted by molar-refractivity contribution is 6.27. The molecule has 5 rings (SSSR count). The molecule has 0 spiro atoms. The fourth-order valence-electron chi connectivity index (χ4n) is 4.96. The molecule has 1 fully saturated rings. The molecule has 258 valence electrons. The standard InChI is InChI=1S/C27H35N7O2.2C2H2O4/c1-3-36-18-17-34-25(30-22-8-6-10-28-26(22)34)20-33-15-13-32(14-16-33)12-11-29-27(35)24-19-21-7-4-5-9-23(21)31(24)2;2*3-1(4)2(5)6/h4-10,19H,3,11-18,20H2,1-2H3,(H,29,35);2*(H,3,4)(H,5,6). The van der Waals surface area contributed by atoms with E-state index >= 15 is 0 Å². The molecule has 1 aliphatic rings. The van der Waals surface area contributed by atoms with Gasteiger partial charge in [-0.15, -0.1) is 0 Å². The van der Waals surface area contributed by atoms with Gasteiger partial charge in [-0.1, -0.05) is 18.2 Å². The number of carbonyl (C=O) groups is 5. The third kappa shape index (κ3) is 10.6.